The van der Waals surface area contributed by atoms with E-state index in [2.05, 4.69) is 19.2 Å². The molecule has 0 saturated heterocycles. The zero-order valence-corrected chi connectivity index (χ0v) is 13.5. The zero-order chi connectivity index (χ0) is 16.1. The van der Waals surface area contributed by atoms with E-state index in [0.717, 1.165) is 28.2 Å². The van der Waals surface area contributed by atoms with Gasteiger partial charge in [0.05, 0.1) is 14.2 Å². The van der Waals surface area contributed by atoms with E-state index in [0.29, 0.717) is 12.3 Å². The zero-order valence-electron chi connectivity index (χ0n) is 13.5. The molecular weight excluding hydrogens is 278 g/mol. The number of hydrogen-bond acceptors (Lipinski definition) is 4. The number of aryl methyl sites for hydroxylation is 1. The number of phenolic OH excluding ortho intramolecular Hbond substituents is 1. The van der Waals surface area contributed by atoms with E-state index < -0.39 is 0 Å². The largest absolute Gasteiger partial charge is 0.508 e. The van der Waals surface area contributed by atoms with Gasteiger partial charge in [-0.1, -0.05) is 18.2 Å². The first-order valence-corrected chi connectivity index (χ1v) is 7.29. The molecule has 0 amide bonds. The second-order valence-corrected chi connectivity index (χ2v) is 5.30. The van der Waals surface area contributed by atoms with Gasteiger partial charge in [-0.15, -0.1) is 0 Å². The van der Waals surface area contributed by atoms with E-state index in [1.807, 2.05) is 30.3 Å². The summed E-state index contributed by atoms with van der Waals surface area (Å²) >= 11 is 0. The molecule has 2 aromatic carbocycles. The Hall–Kier alpha value is -2.20. The molecule has 0 saturated carbocycles. The highest BCUT2D eigenvalue weighted by molar-refractivity contribution is 5.48. The fourth-order valence-electron chi connectivity index (χ4n) is 2.50. The SMILES string of the molecule is COc1cc(C)c(C(C)NCc2ccccc2O)cc1OC. The van der Waals surface area contributed by atoms with Crippen LogP contribution in [0.5, 0.6) is 17.2 Å². The Kier molecular flexibility index (Phi) is 5.28. The van der Waals surface area contributed by atoms with Gasteiger partial charge in [-0.05, 0) is 43.2 Å². The van der Waals surface area contributed by atoms with Crippen molar-refractivity contribution in [3.8, 4) is 17.2 Å². The number of benzene rings is 2. The van der Waals surface area contributed by atoms with Crippen LogP contribution in [0.1, 0.15) is 29.7 Å². The van der Waals surface area contributed by atoms with E-state index in [4.69, 9.17) is 9.47 Å². The fraction of sp³-hybridized carbons (Fsp3) is 0.333. The Balaban J connectivity index is 2.15. The molecule has 4 nitrogen and oxygen atoms in total. The summed E-state index contributed by atoms with van der Waals surface area (Å²) in [6.07, 6.45) is 0. The third-order valence-electron chi connectivity index (χ3n) is 3.83. The number of phenols is 1. The summed E-state index contributed by atoms with van der Waals surface area (Å²) < 4.78 is 10.7. The first-order valence-electron chi connectivity index (χ1n) is 7.29. The van der Waals surface area contributed by atoms with Crippen LogP contribution < -0.4 is 14.8 Å². The molecule has 2 aromatic rings. The highest BCUT2D eigenvalue weighted by atomic mass is 16.5. The summed E-state index contributed by atoms with van der Waals surface area (Å²) in [5, 5.41) is 13.3. The van der Waals surface area contributed by atoms with Gasteiger partial charge in [0.1, 0.15) is 5.75 Å². The third kappa shape index (κ3) is 3.52. The third-order valence-corrected chi connectivity index (χ3v) is 3.83. The van der Waals surface area contributed by atoms with Crippen molar-refractivity contribution >= 4 is 0 Å². The lowest BCUT2D eigenvalue weighted by Crippen LogP contribution is -2.19. The van der Waals surface area contributed by atoms with Gasteiger partial charge in [-0.3, -0.25) is 0 Å². The maximum absolute atomic E-state index is 9.82. The molecule has 0 aliphatic carbocycles. The molecule has 0 aliphatic rings. The smallest absolute Gasteiger partial charge is 0.161 e. The number of nitrogens with one attached hydrogen (secondary N) is 1. The van der Waals surface area contributed by atoms with Gasteiger partial charge >= 0.3 is 0 Å². The van der Waals surface area contributed by atoms with E-state index in [1.165, 1.54) is 0 Å². The summed E-state index contributed by atoms with van der Waals surface area (Å²) in [6, 6.07) is 11.5. The van der Waals surface area contributed by atoms with Gasteiger partial charge in [-0.2, -0.15) is 0 Å². The first kappa shape index (κ1) is 16.2. The van der Waals surface area contributed by atoms with Gasteiger partial charge in [0.25, 0.3) is 0 Å². The Labute approximate surface area is 131 Å². The molecule has 0 bridgehead atoms. The summed E-state index contributed by atoms with van der Waals surface area (Å²) in [5.74, 6) is 1.77. The van der Waals surface area contributed by atoms with Crippen LogP contribution in [0.3, 0.4) is 0 Å². The predicted octanol–water partition coefficient (Wildman–Crippen LogP) is 3.57. The molecule has 0 aliphatic heterocycles. The van der Waals surface area contributed by atoms with Crippen molar-refractivity contribution in [3.63, 3.8) is 0 Å². The maximum atomic E-state index is 9.82. The minimum absolute atomic E-state index is 0.124. The summed E-state index contributed by atoms with van der Waals surface area (Å²) in [7, 11) is 3.27. The molecule has 0 radical (unpaired) electrons. The first-order chi connectivity index (χ1) is 10.6. The van der Waals surface area contributed by atoms with Crippen LogP contribution in [0.15, 0.2) is 36.4 Å². The Morgan fingerprint density at radius 3 is 2.36 bits per heavy atom. The molecule has 118 valence electrons. The lowest BCUT2D eigenvalue weighted by molar-refractivity contribution is 0.353. The Morgan fingerprint density at radius 1 is 1.09 bits per heavy atom. The number of rotatable bonds is 6. The van der Waals surface area contributed by atoms with Crippen molar-refractivity contribution in [1.82, 2.24) is 5.32 Å². The highest BCUT2D eigenvalue weighted by Gasteiger charge is 2.14. The van der Waals surface area contributed by atoms with Gasteiger partial charge in [0.15, 0.2) is 11.5 Å². The lowest BCUT2D eigenvalue weighted by atomic mass is 10.0. The van der Waals surface area contributed by atoms with Gasteiger partial charge in [0.2, 0.25) is 0 Å². The second kappa shape index (κ2) is 7.18. The highest BCUT2D eigenvalue weighted by Crippen LogP contribution is 2.33. The average Bonchev–Trinajstić information content (AvgIpc) is 2.53. The van der Waals surface area contributed by atoms with Crippen LogP contribution in [0.25, 0.3) is 0 Å². The summed E-state index contributed by atoms with van der Waals surface area (Å²) in [4.78, 5) is 0. The van der Waals surface area contributed by atoms with Crippen molar-refractivity contribution in [1.29, 1.82) is 0 Å². The number of methoxy groups -OCH3 is 2. The Bertz CT molecular complexity index is 640. The van der Waals surface area contributed by atoms with E-state index in [-0.39, 0.29) is 6.04 Å². The number of ether oxygens (including phenoxy) is 2. The molecule has 22 heavy (non-hydrogen) atoms. The Morgan fingerprint density at radius 2 is 1.73 bits per heavy atom. The topological polar surface area (TPSA) is 50.7 Å². The van der Waals surface area contributed by atoms with Crippen molar-refractivity contribution < 1.29 is 14.6 Å². The van der Waals surface area contributed by atoms with Crippen molar-refractivity contribution in [2.45, 2.75) is 26.4 Å². The minimum Gasteiger partial charge on any atom is -0.508 e. The molecule has 2 rings (SSSR count). The van der Waals surface area contributed by atoms with E-state index in [1.54, 1.807) is 20.3 Å². The molecule has 0 aromatic heterocycles. The molecular formula is C18H23NO3. The molecule has 4 heteroatoms. The molecule has 0 spiro atoms. The van der Waals surface area contributed by atoms with Crippen LogP contribution in [0.2, 0.25) is 0 Å². The molecule has 0 fully saturated rings. The molecule has 1 atom stereocenters. The molecule has 0 heterocycles. The van der Waals surface area contributed by atoms with Crippen molar-refractivity contribution in [2.75, 3.05) is 14.2 Å². The lowest BCUT2D eigenvalue weighted by Gasteiger charge is -2.19. The van der Waals surface area contributed by atoms with Crippen LogP contribution in [-0.2, 0) is 6.54 Å². The van der Waals surface area contributed by atoms with Gasteiger partial charge in [0, 0.05) is 18.2 Å². The van der Waals surface area contributed by atoms with E-state index in [9.17, 15) is 5.11 Å². The number of para-hydroxylation sites is 1. The average molecular weight is 301 g/mol. The number of aromatic hydroxyl groups is 1. The van der Waals surface area contributed by atoms with E-state index >= 15 is 0 Å². The minimum atomic E-state index is 0.124. The molecule has 2 N–H and O–H groups in total. The summed E-state index contributed by atoms with van der Waals surface area (Å²) in [6.45, 7) is 4.74. The monoisotopic (exact) mass is 301 g/mol. The quantitative estimate of drug-likeness (QED) is 0.856. The van der Waals surface area contributed by atoms with Crippen LogP contribution in [0.4, 0.5) is 0 Å². The number of hydrogen-bond donors (Lipinski definition) is 2. The maximum Gasteiger partial charge on any atom is 0.161 e. The molecule has 1 unspecified atom stereocenters. The summed E-state index contributed by atoms with van der Waals surface area (Å²) in [5.41, 5.74) is 3.16. The van der Waals surface area contributed by atoms with Crippen LogP contribution >= 0.6 is 0 Å². The van der Waals surface area contributed by atoms with Gasteiger partial charge in [-0.25, -0.2) is 0 Å². The predicted molar refractivity (Wildman–Crippen MR) is 87.6 cm³/mol. The van der Waals surface area contributed by atoms with Crippen molar-refractivity contribution in [3.05, 3.63) is 53.1 Å². The second-order valence-electron chi connectivity index (χ2n) is 5.30. The van der Waals surface area contributed by atoms with Crippen LogP contribution in [0, 0.1) is 6.92 Å². The normalized spacial score (nSPS) is 12.0. The standard InChI is InChI=1S/C18H23NO3/c1-12-9-17(21-3)18(22-4)10-15(12)13(2)19-11-14-7-5-6-8-16(14)20/h5-10,13,19-20H,11H2,1-4H3. The van der Waals surface area contributed by atoms with Crippen LogP contribution in [-0.4, -0.2) is 19.3 Å². The van der Waals surface area contributed by atoms with Gasteiger partial charge < -0.3 is 19.9 Å². The van der Waals surface area contributed by atoms with Crippen molar-refractivity contribution in [2.24, 2.45) is 0 Å². The fourth-order valence-corrected chi connectivity index (χ4v) is 2.50.